The monoisotopic (exact) mass is 399 g/mol. The van der Waals surface area contributed by atoms with E-state index in [1.807, 2.05) is 35.6 Å². The van der Waals surface area contributed by atoms with Crippen LogP contribution in [0.4, 0.5) is 0 Å². The highest BCUT2D eigenvalue weighted by atomic mass is 16.5. The van der Waals surface area contributed by atoms with Gasteiger partial charge in [0, 0.05) is 62.1 Å². The number of likely N-dealkylation sites (tertiary alicyclic amines) is 1. The molecule has 7 nitrogen and oxygen atoms in total. The van der Waals surface area contributed by atoms with E-state index in [0.717, 1.165) is 29.8 Å². The molecule has 1 fully saturated rings. The second-order valence-electron chi connectivity index (χ2n) is 8.24. The number of ether oxygens (including phenoxy) is 1. The van der Waals surface area contributed by atoms with Crippen LogP contribution in [0.2, 0.25) is 0 Å². The molecular weight excluding hydrogens is 370 g/mol. The van der Waals surface area contributed by atoms with Gasteiger partial charge in [-0.2, -0.15) is 0 Å². The van der Waals surface area contributed by atoms with Gasteiger partial charge in [-0.15, -0.1) is 0 Å². The van der Waals surface area contributed by atoms with Gasteiger partial charge in [0.1, 0.15) is 6.61 Å². The molecule has 1 saturated heterocycles. The van der Waals surface area contributed by atoms with E-state index < -0.39 is 0 Å². The predicted octanol–water partition coefficient (Wildman–Crippen LogP) is 2.06. The summed E-state index contributed by atoms with van der Waals surface area (Å²) in [5.41, 5.74) is 3.06. The van der Waals surface area contributed by atoms with E-state index in [2.05, 4.69) is 11.0 Å². The first kappa shape index (κ1) is 19.9. The summed E-state index contributed by atoms with van der Waals surface area (Å²) in [5.74, 6) is 0.594. The number of fused-ring (bicyclic) bond motifs is 4. The van der Waals surface area contributed by atoms with Crippen molar-refractivity contribution in [1.82, 2.24) is 14.4 Å². The first-order valence-corrected chi connectivity index (χ1v) is 10.3. The number of nitrogens with zero attached hydrogens (tertiary/aromatic N) is 3. The minimum Gasteiger partial charge on any atom is -0.472 e. The van der Waals surface area contributed by atoms with Crippen LogP contribution < -0.4 is 5.56 Å². The Kier molecular flexibility index (Phi) is 5.87. The molecule has 2 aliphatic rings. The lowest BCUT2D eigenvalue weighted by Gasteiger charge is -2.43. The van der Waals surface area contributed by atoms with Crippen molar-refractivity contribution in [3.05, 3.63) is 57.9 Å². The largest absolute Gasteiger partial charge is 0.472 e. The third-order valence-corrected chi connectivity index (χ3v) is 5.94. The van der Waals surface area contributed by atoms with E-state index >= 15 is 0 Å². The van der Waals surface area contributed by atoms with Crippen molar-refractivity contribution in [3.8, 4) is 0 Å². The predicted molar refractivity (Wildman–Crippen MR) is 109 cm³/mol. The minimum atomic E-state index is 0.0508. The first-order chi connectivity index (χ1) is 14.0. The average Bonchev–Trinajstić information content (AvgIpc) is 3.21. The summed E-state index contributed by atoms with van der Waals surface area (Å²) in [7, 11) is 2.01. The van der Waals surface area contributed by atoms with Crippen LogP contribution >= 0.6 is 0 Å². The van der Waals surface area contributed by atoms with Crippen LogP contribution in [-0.2, 0) is 29.2 Å². The summed E-state index contributed by atoms with van der Waals surface area (Å²) >= 11 is 0. The first-order valence-electron chi connectivity index (χ1n) is 10.3. The van der Waals surface area contributed by atoms with Crippen LogP contribution in [0, 0.1) is 5.92 Å². The second kappa shape index (κ2) is 8.55. The van der Waals surface area contributed by atoms with E-state index in [1.165, 1.54) is 0 Å². The molecule has 2 atom stereocenters. The lowest BCUT2D eigenvalue weighted by Crippen LogP contribution is -2.50. The topological polar surface area (TPSA) is 67.9 Å². The molecule has 0 N–H and O–H groups in total. The normalized spacial score (nSPS) is 20.7. The van der Waals surface area contributed by atoms with Crippen LogP contribution in [0.25, 0.3) is 0 Å². The Balaban J connectivity index is 1.48. The zero-order chi connectivity index (χ0) is 20.4. The van der Waals surface area contributed by atoms with Crippen LogP contribution in [0.3, 0.4) is 0 Å². The fraction of sp³-hybridized carbons (Fsp3) is 0.545. The Bertz CT molecular complexity index is 905. The van der Waals surface area contributed by atoms with Gasteiger partial charge < -0.3 is 18.6 Å². The summed E-state index contributed by atoms with van der Waals surface area (Å²) in [6.07, 6.45) is 4.44. The molecule has 0 radical (unpaired) electrons. The van der Waals surface area contributed by atoms with Crippen LogP contribution in [-0.4, -0.2) is 53.6 Å². The van der Waals surface area contributed by atoms with Gasteiger partial charge in [0.05, 0.1) is 12.5 Å². The number of pyridine rings is 1. The number of carbonyl (C=O) groups is 1. The number of rotatable bonds is 7. The molecule has 4 rings (SSSR count). The highest BCUT2D eigenvalue weighted by Crippen LogP contribution is 2.35. The molecule has 0 saturated carbocycles. The third kappa shape index (κ3) is 4.31. The van der Waals surface area contributed by atoms with Gasteiger partial charge in [-0.1, -0.05) is 6.07 Å². The highest BCUT2D eigenvalue weighted by molar-refractivity contribution is 5.77. The summed E-state index contributed by atoms with van der Waals surface area (Å²) in [4.78, 5) is 29.6. The summed E-state index contributed by atoms with van der Waals surface area (Å²) in [6.45, 7) is 5.97. The van der Waals surface area contributed by atoms with Crippen molar-refractivity contribution < 1.29 is 13.9 Å². The summed E-state index contributed by atoms with van der Waals surface area (Å²) in [5, 5.41) is 0. The van der Waals surface area contributed by atoms with Gasteiger partial charge in [-0.05, 0) is 38.4 Å². The van der Waals surface area contributed by atoms with Crippen LogP contribution in [0.15, 0.2) is 39.9 Å². The Hall–Kier alpha value is -2.38. The number of amides is 1. The van der Waals surface area contributed by atoms with Crippen molar-refractivity contribution in [2.45, 2.75) is 38.9 Å². The quantitative estimate of drug-likeness (QED) is 0.713. The molecule has 0 aliphatic carbocycles. The second-order valence-corrected chi connectivity index (χ2v) is 8.24. The summed E-state index contributed by atoms with van der Waals surface area (Å²) < 4.78 is 12.4. The Labute approximate surface area is 170 Å². The van der Waals surface area contributed by atoms with E-state index in [9.17, 15) is 9.59 Å². The van der Waals surface area contributed by atoms with E-state index in [1.54, 1.807) is 12.5 Å². The smallest absolute Gasteiger partial charge is 0.255 e. The maximum Gasteiger partial charge on any atom is 0.255 e. The van der Waals surface area contributed by atoms with Gasteiger partial charge in [-0.25, -0.2) is 0 Å². The zero-order valence-corrected chi connectivity index (χ0v) is 17.2. The molecule has 29 heavy (non-hydrogen) atoms. The summed E-state index contributed by atoms with van der Waals surface area (Å²) in [6, 6.07) is 5.98. The van der Waals surface area contributed by atoms with Crippen molar-refractivity contribution in [2.24, 2.45) is 5.92 Å². The van der Waals surface area contributed by atoms with E-state index in [0.29, 0.717) is 38.7 Å². The van der Waals surface area contributed by atoms with Crippen LogP contribution in [0.5, 0.6) is 0 Å². The Morgan fingerprint density at radius 3 is 2.86 bits per heavy atom. The lowest BCUT2D eigenvalue weighted by molar-refractivity contribution is -0.138. The Morgan fingerprint density at radius 1 is 1.24 bits per heavy atom. The maximum atomic E-state index is 13.2. The maximum absolute atomic E-state index is 13.2. The van der Waals surface area contributed by atoms with Gasteiger partial charge in [-0.3, -0.25) is 14.5 Å². The van der Waals surface area contributed by atoms with Crippen molar-refractivity contribution in [3.63, 3.8) is 0 Å². The number of hydrogen-bond acceptors (Lipinski definition) is 5. The molecular formula is C22H29N3O4. The SMILES string of the molecule is CCOCC(=O)N1C[C@@H]2C[C@H](C1)c1ccc(CN(C)Cc3ccoc3)c(=O)n1C2. The highest BCUT2D eigenvalue weighted by Gasteiger charge is 2.36. The lowest BCUT2D eigenvalue weighted by atomic mass is 9.83. The molecule has 0 spiro atoms. The third-order valence-electron chi connectivity index (χ3n) is 5.94. The van der Waals surface area contributed by atoms with Crippen molar-refractivity contribution >= 4 is 5.91 Å². The number of carbonyl (C=O) groups excluding carboxylic acids is 1. The number of furan rings is 1. The Morgan fingerprint density at radius 2 is 2.10 bits per heavy atom. The van der Waals surface area contributed by atoms with Crippen molar-refractivity contribution in [2.75, 3.05) is 33.4 Å². The fourth-order valence-electron chi connectivity index (χ4n) is 4.64. The number of aromatic nitrogens is 1. The number of piperidine rings is 1. The van der Waals surface area contributed by atoms with Crippen molar-refractivity contribution in [1.29, 1.82) is 0 Å². The number of hydrogen-bond donors (Lipinski definition) is 0. The van der Waals surface area contributed by atoms with Gasteiger partial charge in [0.15, 0.2) is 0 Å². The molecule has 1 amide bonds. The van der Waals surface area contributed by atoms with E-state index in [4.69, 9.17) is 9.15 Å². The molecule has 156 valence electrons. The fourth-order valence-corrected chi connectivity index (χ4v) is 4.64. The molecule has 2 aromatic heterocycles. The average molecular weight is 399 g/mol. The molecule has 2 aromatic rings. The molecule has 4 heterocycles. The van der Waals surface area contributed by atoms with Gasteiger partial charge >= 0.3 is 0 Å². The molecule has 7 heteroatoms. The van der Waals surface area contributed by atoms with E-state index in [-0.39, 0.29) is 24.0 Å². The molecule has 2 aliphatic heterocycles. The molecule has 0 unspecified atom stereocenters. The standard InChI is InChI=1S/C22H29N3O4/c1-3-28-15-21(26)24-10-17-8-19(13-24)20-5-4-18(22(27)25(20)11-17)12-23(2)9-16-6-7-29-14-16/h4-7,14,17,19H,3,8-13,15H2,1-2H3/t17-,19+/m0/s1. The zero-order valence-electron chi connectivity index (χ0n) is 17.2. The van der Waals surface area contributed by atoms with Crippen LogP contribution in [0.1, 0.15) is 36.1 Å². The molecule has 2 bridgehead atoms. The van der Waals surface area contributed by atoms with Gasteiger partial charge in [0.25, 0.3) is 5.56 Å². The van der Waals surface area contributed by atoms with Gasteiger partial charge in [0.2, 0.25) is 5.91 Å². The minimum absolute atomic E-state index is 0.0508. The molecule has 0 aromatic carbocycles.